The fourth-order valence-electron chi connectivity index (χ4n) is 1.34. The van der Waals surface area contributed by atoms with Gasteiger partial charge in [-0.3, -0.25) is 4.79 Å². The van der Waals surface area contributed by atoms with Crippen LogP contribution in [-0.2, 0) is 20.9 Å². The van der Waals surface area contributed by atoms with E-state index in [9.17, 15) is 24.6 Å². The normalized spacial score (nSPS) is 10.9. The topological polar surface area (TPSA) is 116 Å². The Morgan fingerprint density at radius 2 is 1.86 bits per heavy atom. The van der Waals surface area contributed by atoms with E-state index in [1.54, 1.807) is 24.3 Å². The molecule has 7 nitrogen and oxygen atoms in total. The number of carboxylic acids is 1. The van der Waals surface area contributed by atoms with Crippen LogP contribution in [0, 0.1) is 0 Å². The number of ether oxygens (including phenoxy) is 1. The van der Waals surface area contributed by atoms with E-state index >= 15 is 0 Å². The number of carbonyl (C=O) groups is 3. The van der Waals surface area contributed by atoms with Gasteiger partial charge in [0.15, 0.2) is 5.78 Å². The van der Waals surface area contributed by atoms with Crippen LogP contribution in [0.2, 0.25) is 0 Å². The van der Waals surface area contributed by atoms with Crippen LogP contribution in [0.25, 0.3) is 0 Å². The Balaban J connectivity index is 0.00000400. The number of hydrogen-bond acceptors (Lipinski definition) is 6. The molecule has 0 radical (unpaired) electrons. The number of aliphatic carboxylic acids is 1. The molecule has 21 heavy (non-hydrogen) atoms. The van der Waals surface area contributed by atoms with E-state index in [0.29, 0.717) is 0 Å². The van der Waals surface area contributed by atoms with Crippen LogP contribution < -0.4 is 40.0 Å². The molecule has 0 aliphatic rings. The summed E-state index contributed by atoms with van der Waals surface area (Å²) in [5.41, 5.74) is 0.801. The Kier molecular flexibility index (Phi) is 9.64. The number of aliphatic hydroxyl groups excluding tert-OH is 1. The maximum Gasteiger partial charge on any atom is 1.00 e. The Hall–Kier alpha value is -1.41. The number of amides is 1. The zero-order valence-electron chi connectivity index (χ0n) is 11.6. The summed E-state index contributed by atoms with van der Waals surface area (Å²) < 4.78 is 4.86. The van der Waals surface area contributed by atoms with Gasteiger partial charge in [0, 0.05) is 13.0 Å². The largest absolute Gasteiger partial charge is 1.00 e. The van der Waals surface area contributed by atoms with Gasteiger partial charge in [-0.15, -0.1) is 0 Å². The fourth-order valence-corrected chi connectivity index (χ4v) is 1.34. The number of ketones is 1. The Bertz CT molecular complexity index is 479. The van der Waals surface area contributed by atoms with Crippen molar-refractivity contribution >= 4 is 17.8 Å². The van der Waals surface area contributed by atoms with Crippen molar-refractivity contribution in [1.82, 2.24) is 5.32 Å². The second kappa shape index (κ2) is 10.3. The molecule has 0 bridgehead atoms. The Morgan fingerprint density at radius 3 is 2.43 bits per heavy atom. The molecule has 2 N–H and O–H groups in total. The molecule has 0 spiro atoms. The van der Waals surface area contributed by atoms with Crippen LogP contribution >= 0.6 is 0 Å². The zero-order valence-corrected chi connectivity index (χ0v) is 13.6. The van der Waals surface area contributed by atoms with E-state index in [2.05, 4.69) is 5.32 Å². The smallest absolute Gasteiger partial charge is 0.542 e. The number of benzene rings is 1. The summed E-state index contributed by atoms with van der Waals surface area (Å²) in [5.74, 6) is -3.09. The first kappa shape index (κ1) is 19.6. The third-order valence-electron chi connectivity index (χ3n) is 2.34. The molecule has 0 saturated carbocycles. The summed E-state index contributed by atoms with van der Waals surface area (Å²) in [6.07, 6.45) is -2.69. The second-order valence-corrected chi connectivity index (χ2v) is 4.01. The molecular formula is C13H14NNaO6. The minimum Gasteiger partial charge on any atom is -0.542 e. The maximum atomic E-state index is 11.3. The van der Waals surface area contributed by atoms with E-state index in [-0.39, 0.29) is 42.7 Å². The van der Waals surface area contributed by atoms with Gasteiger partial charge in [0.25, 0.3) is 0 Å². The van der Waals surface area contributed by atoms with Crippen LogP contribution in [0.5, 0.6) is 0 Å². The first-order chi connectivity index (χ1) is 9.49. The first-order valence-electron chi connectivity index (χ1n) is 5.86. The molecule has 1 amide bonds. The number of aliphatic hydroxyl groups is 1. The van der Waals surface area contributed by atoms with Gasteiger partial charge in [0.1, 0.15) is 12.6 Å². The van der Waals surface area contributed by atoms with E-state index < -0.39 is 30.4 Å². The third kappa shape index (κ3) is 8.46. The second-order valence-electron chi connectivity index (χ2n) is 4.01. The molecule has 1 aromatic carbocycles. The number of Topliss-reactive ketones (excluding diaryl/α,β-unsaturated/α-hetero) is 1. The van der Waals surface area contributed by atoms with Gasteiger partial charge >= 0.3 is 35.7 Å². The molecule has 1 aromatic rings. The summed E-state index contributed by atoms with van der Waals surface area (Å²) in [4.78, 5) is 32.2. The van der Waals surface area contributed by atoms with Crippen LogP contribution in [0.3, 0.4) is 0 Å². The predicted octanol–water partition coefficient (Wildman–Crippen LogP) is -4.01. The standard InChI is InChI=1S/C13H15NO6.Na/c15-10(6-11(16)12(17)18)7-14-13(19)20-8-9-4-2-1-3-5-9;/h1-5,10,15H,6-8H2,(H,14,19)(H,17,18);/q;+1/p-1/t10-;/m0./s1. The van der Waals surface area contributed by atoms with Crippen molar-refractivity contribution in [3.8, 4) is 0 Å². The maximum absolute atomic E-state index is 11.3. The molecule has 0 aliphatic carbocycles. The van der Waals surface area contributed by atoms with E-state index in [1.165, 1.54) is 0 Å². The monoisotopic (exact) mass is 303 g/mol. The number of carboxylic acid groups (broad SMARTS) is 1. The summed E-state index contributed by atoms with van der Waals surface area (Å²) in [6, 6.07) is 8.98. The average Bonchev–Trinajstić information content (AvgIpc) is 2.43. The fraction of sp³-hybridized carbons (Fsp3) is 0.308. The van der Waals surface area contributed by atoms with Crippen LogP contribution in [-0.4, -0.2) is 35.6 Å². The van der Waals surface area contributed by atoms with Crippen molar-refractivity contribution in [3.05, 3.63) is 35.9 Å². The molecule has 0 aliphatic heterocycles. The summed E-state index contributed by atoms with van der Waals surface area (Å²) in [7, 11) is 0. The van der Waals surface area contributed by atoms with Gasteiger partial charge in [-0.05, 0) is 5.56 Å². The average molecular weight is 303 g/mol. The molecule has 0 unspecified atom stereocenters. The van der Waals surface area contributed by atoms with Gasteiger partial charge < -0.3 is 25.1 Å². The molecule has 108 valence electrons. The number of carbonyl (C=O) groups excluding carboxylic acids is 3. The number of rotatable bonds is 7. The van der Waals surface area contributed by atoms with Crippen molar-refractivity contribution in [2.75, 3.05) is 6.54 Å². The summed E-state index contributed by atoms with van der Waals surface area (Å²) in [6.45, 7) is -0.215. The minimum atomic E-state index is -1.87. The number of nitrogens with one attached hydrogen (secondary N) is 1. The molecule has 8 heteroatoms. The van der Waals surface area contributed by atoms with E-state index in [1.807, 2.05) is 6.07 Å². The van der Waals surface area contributed by atoms with Crippen molar-refractivity contribution in [2.45, 2.75) is 19.1 Å². The third-order valence-corrected chi connectivity index (χ3v) is 2.34. The number of alkyl carbamates (subject to hydrolysis) is 1. The van der Waals surface area contributed by atoms with Crippen molar-refractivity contribution in [1.29, 1.82) is 0 Å². The van der Waals surface area contributed by atoms with Gasteiger partial charge in [-0.1, -0.05) is 30.3 Å². The molecule has 0 heterocycles. The zero-order chi connectivity index (χ0) is 15.0. The van der Waals surface area contributed by atoms with E-state index in [0.717, 1.165) is 5.56 Å². The van der Waals surface area contributed by atoms with Crippen molar-refractivity contribution in [2.24, 2.45) is 0 Å². The molecule has 1 rings (SSSR count). The quantitative estimate of drug-likeness (QED) is 0.392. The van der Waals surface area contributed by atoms with Crippen LogP contribution in [0.1, 0.15) is 12.0 Å². The molecule has 1 atom stereocenters. The van der Waals surface area contributed by atoms with E-state index in [4.69, 9.17) is 4.74 Å². The van der Waals surface area contributed by atoms with Gasteiger partial charge in [0.2, 0.25) is 0 Å². The van der Waals surface area contributed by atoms with Gasteiger partial charge in [-0.25, -0.2) is 4.79 Å². The predicted molar refractivity (Wildman–Crippen MR) is 65.3 cm³/mol. The van der Waals surface area contributed by atoms with Gasteiger partial charge in [-0.2, -0.15) is 0 Å². The molecule has 0 saturated heterocycles. The minimum absolute atomic E-state index is 0. The summed E-state index contributed by atoms with van der Waals surface area (Å²) >= 11 is 0. The molecule has 0 aromatic heterocycles. The Morgan fingerprint density at radius 1 is 1.24 bits per heavy atom. The summed E-state index contributed by atoms with van der Waals surface area (Å²) in [5, 5.41) is 21.7. The first-order valence-corrected chi connectivity index (χ1v) is 5.86. The molecule has 0 fully saturated rings. The van der Waals surface area contributed by atoms with Crippen LogP contribution in [0.4, 0.5) is 4.79 Å². The van der Waals surface area contributed by atoms with Crippen molar-refractivity contribution < 1.29 is 58.9 Å². The SMILES string of the molecule is O=C(NC[C@@H](O)CC(=O)C(=O)[O-])OCc1ccccc1.[Na+]. The molecular weight excluding hydrogens is 289 g/mol. The van der Waals surface area contributed by atoms with Crippen LogP contribution in [0.15, 0.2) is 30.3 Å². The van der Waals surface area contributed by atoms with Gasteiger partial charge in [0.05, 0.1) is 6.10 Å². The van der Waals surface area contributed by atoms with Crippen molar-refractivity contribution in [3.63, 3.8) is 0 Å². The number of hydrogen-bond donors (Lipinski definition) is 2. The Labute approximate surface area is 143 Å².